The highest BCUT2D eigenvalue weighted by Crippen LogP contribution is 2.20. The second-order valence-electron chi connectivity index (χ2n) is 6.32. The molecule has 0 spiro atoms. The summed E-state index contributed by atoms with van der Waals surface area (Å²) >= 11 is 0. The SMILES string of the molecule is CC(N)CCc1ccc(OCCC(C)(C)C)cc1. The molecule has 1 aromatic rings. The fourth-order valence-electron chi connectivity index (χ4n) is 1.62. The van der Waals surface area contributed by atoms with Crippen molar-refractivity contribution in [2.45, 2.75) is 53.0 Å². The lowest BCUT2D eigenvalue weighted by molar-refractivity contribution is 0.243. The van der Waals surface area contributed by atoms with Gasteiger partial charge in [0, 0.05) is 6.04 Å². The standard InChI is InChI=1S/C16H27NO/c1-13(17)5-6-14-7-9-15(10-8-14)18-12-11-16(2,3)4/h7-10,13H,5-6,11-12,17H2,1-4H3. The number of aryl methyl sites for hydroxylation is 1. The average Bonchev–Trinajstić information content (AvgIpc) is 2.26. The number of hydrogen-bond donors (Lipinski definition) is 1. The summed E-state index contributed by atoms with van der Waals surface area (Å²) in [4.78, 5) is 0. The summed E-state index contributed by atoms with van der Waals surface area (Å²) in [5.41, 5.74) is 7.41. The maximum absolute atomic E-state index is 5.75. The van der Waals surface area contributed by atoms with E-state index in [4.69, 9.17) is 10.5 Å². The van der Waals surface area contributed by atoms with Crippen molar-refractivity contribution in [2.24, 2.45) is 11.1 Å². The van der Waals surface area contributed by atoms with Crippen LogP contribution in [0.3, 0.4) is 0 Å². The third-order valence-corrected chi connectivity index (χ3v) is 2.93. The van der Waals surface area contributed by atoms with E-state index in [2.05, 4.69) is 45.0 Å². The van der Waals surface area contributed by atoms with E-state index in [0.29, 0.717) is 5.41 Å². The molecular formula is C16H27NO. The Bertz CT molecular complexity index is 335. The number of ether oxygens (including phenoxy) is 1. The third-order valence-electron chi connectivity index (χ3n) is 2.93. The maximum Gasteiger partial charge on any atom is 0.119 e. The molecule has 0 bridgehead atoms. The zero-order chi connectivity index (χ0) is 13.6. The molecule has 0 aromatic heterocycles. The van der Waals surface area contributed by atoms with Crippen LogP contribution >= 0.6 is 0 Å². The quantitative estimate of drug-likeness (QED) is 0.832. The van der Waals surface area contributed by atoms with Crippen molar-refractivity contribution in [1.29, 1.82) is 0 Å². The minimum absolute atomic E-state index is 0.271. The Labute approximate surface area is 112 Å². The van der Waals surface area contributed by atoms with Crippen LogP contribution in [-0.2, 0) is 6.42 Å². The van der Waals surface area contributed by atoms with E-state index in [1.54, 1.807) is 0 Å². The van der Waals surface area contributed by atoms with Gasteiger partial charge in [0.1, 0.15) is 5.75 Å². The van der Waals surface area contributed by atoms with Gasteiger partial charge in [0.15, 0.2) is 0 Å². The van der Waals surface area contributed by atoms with Crippen molar-refractivity contribution in [3.05, 3.63) is 29.8 Å². The Balaban J connectivity index is 2.36. The van der Waals surface area contributed by atoms with Gasteiger partial charge >= 0.3 is 0 Å². The summed E-state index contributed by atoms with van der Waals surface area (Å²) in [5.74, 6) is 0.962. The largest absolute Gasteiger partial charge is 0.494 e. The van der Waals surface area contributed by atoms with E-state index in [1.165, 1.54) is 5.56 Å². The third kappa shape index (κ3) is 6.65. The van der Waals surface area contributed by atoms with Gasteiger partial charge in [-0.2, -0.15) is 0 Å². The van der Waals surface area contributed by atoms with Gasteiger partial charge in [0.05, 0.1) is 6.61 Å². The second kappa shape index (κ2) is 6.79. The second-order valence-corrected chi connectivity index (χ2v) is 6.32. The predicted molar refractivity (Wildman–Crippen MR) is 78.0 cm³/mol. The summed E-state index contributed by atoms with van der Waals surface area (Å²) in [6, 6.07) is 8.65. The van der Waals surface area contributed by atoms with Crippen LogP contribution in [-0.4, -0.2) is 12.6 Å². The molecule has 0 radical (unpaired) electrons. The molecule has 0 aliphatic heterocycles. The molecule has 1 aromatic carbocycles. The Morgan fingerprint density at radius 2 is 1.78 bits per heavy atom. The monoisotopic (exact) mass is 249 g/mol. The van der Waals surface area contributed by atoms with Gasteiger partial charge in [-0.25, -0.2) is 0 Å². The number of benzene rings is 1. The fraction of sp³-hybridized carbons (Fsp3) is 0.625. The van der Waals surface area contributed by atoms with Gasteiger partial charge in [-0.1, -0.05) is 32.9 Å². The van der Waals surface area contributed by atoms with Crippen LogP contribution in [0.25, 0.3) is 0 Å². The van der Waals surface area contributed by atoms with Crippen molar-refractivity contribution in [1.82, 2.24) is 0 Å². The van der Waals surface area contributed by atoms with E-state index < -0.39 is 0 Å². The van der Waals surface area contributed by atoms with Crippen molar-refractivity contribution in [2.75, 3.05) is 6.61 Å². The molecule has 2 N–H and O–H groups in total. The smallest absolute Gasteiger partial charge is 0.119 e. The highest BCUT2D eigenvalue weighted by atomic mass is 16.5. The van der Waals surface area contributed by atoms with Crippen LogP contribution in [0.15, 0.2) is 24.3 Å². The van der Waals surface area contributed by atoms with Crippen LogP contribution < -0.4 is 10.5 Å². The topological polar surface area (TPSA) is 35.2 Å². The summed E-state index contributed by atoms with van der Waals surface area (Å²) in [7, 11) is 0. The van der Waals surface area contributed by atoms with Crippen molar-refractivity contribution in [3.8, 4) is 5.75 Å². The first kappa shape index (κ1) is 15.0. The maximum atomic E-state index is 5.75. The average molecular weight is 249 g/mol. The molecule has 0 saturated carbocycles. The number of hydrogen-bond acceptors (Lipinski definition) is 2. The lowest BCUT2D eigenvalue weighted by Gasteiger charge is -2.18. The molecule has 0 fully saturated rings. The van der Waals surface area contributed by atoms with Crippen LogP contribution in [0.1, 0.15) is 46.1 Å². The molecule has 0 amide bonds. The van der Waals surface area contributed by atoms with Gasteiger partial charge in [-0.15, -0.1) is 0 Å². The molecule has 1 atom stereocenters. The molecule has 0 heterocycles. The van der Waals surface area contributed by atoms with E-state index in [1.807, 2.05) is 6.92 Å². The fourth-order valence-corrected chi connectivity index (χ4v) is 1.62. The van der Waals surface area contributed by atoms with Crippen molar-refractivity contribution in [3.63, 3.8) is 0 Å². The molecular weight excluding hydrogens is 222 g/mol. The molecule has 18 heavy (non-hydrogen) atoms. The first-order chi connectivity index (χ1) is 8.37. The van der Waals surface area contributed by atoms with Crippen LogP contribution in [0.2, 0.25) is 0 Å². The van der Waals surface area contributed by atoms with Crippen LogP contribution in [0.5, 0.6) is 5.75 Å². The molecule has 0 aliphatic carbocycles. The number of nitrogens with two attached hydrogens (primary N) is 1. The summed E-state index contributed by atoms with van der Waals surface area (Å²) < 4.78 is 5.74. The molecule has 2 nitrogen and oxygen atoms in total. The summed E-state index contributed by atoms with van der Waals surface area (Å²) in [6.07, 6.45) is 3.14. The van der Waals surface area contributed by atoms with E-state index >= 15 is 0 Å². The summed E-state index contributed by atoms with van der Waals surface area (Å²) in [6.45, 7) is 9.51. The normalized spacial score (nSPS) is 13.4. The summed E-state index contributed by atoms with van der Waals surface area (Å²) in [5, 5.41) is 0. The van der Waals surface area contributed by atoms with Gasteiger partial charge in [0.25, 0.3) is 0 Å². The van der Waals surface area contributed by atoms with E-state index in [9.17, 15) is 0 Å². The van der Waals surface area contributed by atoms with Crippen LogP contribution in [0, 0.1) is 5.41 Å². The molecule has 2 heteroatoms. The van der Waals surface area contributed by atoms with Gasteiger partial charge in [0.2, 0.25) is 0 Å². The van der Waals surface area contributed by atoms with E-state index in [-0.39, 0.29) is 6.04 Å². The zero-order valence-electron chi connectivity index (χ0n) is 12.2. The Morgan fingerprint density at radius 3 is 2.28 bits per heavy atom. The highest BCUT2D eigenvalue weighted by molar-refractivity contribution is 5.27. The number of rotatable bonds is 6. The molecule has 1 unspecified atom stereocenters. The first-order valence-electron chi connectivity index (χ1n) is 6.84. The lowest BCUT2D eigenvalue weighted by Crippen LogP contribution is -2.15. The highest BCUT2D eigenvalue weighted by Gasteiger charge is 2.09. The van der Waals surface area contributed by atoms with Crippen LogP contribution in [0.4, 0.5) is 0 Å². The first-order valence-corrected chi connectivity index (χ1v) is 6.84. The Kier molecular flexibility index (Phi) is 5.67. The molecule has 0 aliphatic rings. The van der Waals surface area contributed by atoms with Crippen molar-refractivity contribution < 1.29 is 4.74 Å². The van der Waals surface area contributed by atoms with Gasteiger partial charge in [-0.3, -0.25) is 0 Å². The Morgan fingerprint density at radius 1 is 1.17 bits per heavy atom. The lowest BCUT2D eigenvalue weighted by atomic mass is 9.93. The molecule has 0 saturated heterocycles. The molecule has 1 rings (SSSR count). The van der Waals surface area contributed by atoms with E-state index in [0.717, 1.165) is 31.6 Å². The minimum Gasteiger partial charge on any atom is -0.494 e. The molecule has 102 valence electrons. The van der Waals surface area contributed by atoms with Gasteiger partial charge < -0.3 is 10.5 Å². The minimum atomic E-state index is 0.271. The van der Waals surface area contributed by atoms with Gasteiger partial charge in [-0.05, 0) is 49.3 Å². The predicted octanol–water partition coefficient (Wildman–Crippen LogP) is 3.78. The Hall–Kier alpha value is -1.02. The van der Waals surface area contributed by atoms with Crippen molar-refractivity contribution >= 4 is 0 Å². The zero-order valence-corrected chi connectivity index (χ0v) is 12.2.